The first-order valence-corrected chi connectivity index (χ1v) is 11.5. The number of halogens is 1. The van der Waals surface area contributed by atoms with Crippen LogP contribution in [0, 0.1) is 0 Å². The maximum atomic E-state index is 12.5. The van der Waals surface area contributed by atoms with E-state index >= 15 is 0 Å². The molecule has 0 aliphatic carbocycles. The van der Waals surface area contributed by atoms with Crippen molar-refractivity contribution in [3.05, 3.63) is 52.9 Å². The molecular formula is C24H31ClN4O4. The van der Waals surface area contributed by atoms with E-state index in [9.17, 15) is 14.7 Å². The summed E-state index contributed by atoms with van der Waals surface area (Å²) >= 11 is 5.95. The van der Waals surface area contributed by atoms with E-state index in [-0.39, 0.29) is 18.6 Å². The lowest BCUT2D eigenvalue weighted by Gasteiger charge is -2.34. The topological polar surface area (TPSA) is 95.9 Å². The zero-order valence-corrected chi connectivity index (χ0v) is 20.1. The minimum atomic E-state index is -0.938. The van der Waals surface area contributed by atoms with Gasteiger partial charge in [-0.2, -0.15) is 0 Å². The molecule has 9 heteroatoms. The SMILES string of the molecule is CC(C)(C)OC(=O)N1CCCC(c2cncc(N(CCc3ccc(Cl)cc3)CC(=O)O)n2)C1. The number of likely N-dealkylation sites (tertiary alicyclic amines) is 1. The van der Waals surface area contributed by atoms with Crippen molar-refractivity contribution in [3.8, 4) is 0 Å². The van der Waals surface area contributed by atoms with Gasteiger partial charge in [0.05, 0.1) is 11.9 Å². The summed E-state index contributed by atoms with van der Waals surface area (Å²) in [5, 5.41) is 10.1. The molecule has 2 aromatic rings. The minimum absolute atomic E-state index is 0.0154. The van der Waals surface area contributed by atoms with E-state index in [0.717, 1.165) is 24.1 Å². The number of amides is 1. The van der Waals surface area contributed by atoms with Crippen molar-refractivity contribution in [1.29, 1.82) is 0 Å². The number of ether oxygens (including phenoxy) is 1. The number of hydrogen-bond acceptors (Lipinski definition) is 6. The van der Waals surface area contributed by atoms with Gasteiger partial charge in [-0.25, -0.2) is 9.78 Å². The molecule has 2 heterocycles. The molecule has 1 aliphatic heterocycles. The molecule has 0 saturated carbocycles. The van der Waals surface area contributed by atoms with Crippen LogP contribution in [0.3, 0.4) is 0 Å². The van der Waals surface area contributed by atoms with Crippen LogP contribution in [0.5, 0.6) is 0 Å². The van der Waals surface area contributed by atoms with E-state index in [4.69, 9.17) is 21.3 Å². The number of aromatic nitrogens is 2. The van der Waals surface area contributed by atoms with Crippen molar-refractivity contribution in [2.45, 2.75) is 51.6 Å². The van der Waals surface area contributed by atoms with Gasteiger partial charge in [0.2, 0.25) is 0 Å². The van der Waals surface area contributed by atoms with Gasteiger partial charge < -0.3 is 19.6 Å². The van der Waals surface area contributed by atoms with Gasteiger partial charge in [-0.15, -0.1) is 0 Å². The second-order valence-electron chi connectivity index (χ2n) is 9.26. The van der Waals surface area contributed by atoms with Crippen molar-refractivity contribution in [3.63, 3.8) is 0 Å². The third-order valence-electron chi connectivity index (χ3n) is 5.37. The van der Waals surface area contributed by atoms with Crippen LogP contribution in [0.4, 0.5) is 10.6 Å². The summed E-state index contributed by atoms with van der Waals surface area (Å²) in [5.74, 6) is -0.410. The van der Waals surface area contributed by atoms with Crippen LogP contribution in [0.25, 0.3) is 0 Å². The zero-order chi connectivity index (χ0) is 24.0. The van der Waals surface area contributed by atoms with Crippen molar-refractivity contribution < 1.29 is 19.4 Å². The molecule has 1 aromatic heterocycles. The summed E-state index contributed by atoms with van der Waals surface area (Å²) in [7, 11) is 0. The molecule has 1 N–H and O–H groups in total. The fourth-order valence-electron chi connectivity index (χ4n) is 3.78. The van der Waals surface area contributed by atoms with Crippen LogP contribution in [0.1, 0.15) is 50.8 Å². The number of piperidine rings is 1. The fraction of sp³-hybridized carbons (Fsp3) is 0.500. The minimum Gasteiger partial charge on any atom is -0.480 e. The van der Waals surface area contributed by atoms with Gasteiger partial charge in [-0.1, -0.05) is 23.7 Å². The van der Waals surface area contributed by atoms with Crippen LogP contribution in [0.15, 0.2) is 36.7 Å². The number of nitrogens with zero attached hydrogens (tertiary/aromatic N) is 4. The highest BCUT2D eigenvalue weighted by atomic mass is 35.5. The molecule has 178 valence electrons. The molecule has 3 rings (SSSR count). The van der Waals surface area contributed by atoms with Crippen LogP contribution >= 0.6 is 11.6 Å². The third kappa shape index (κ3) is 7.60. The van der Waals surface area contributed by atoms with Gasteiger partial charge in [-0.05, 0) is 57.7 Å². The van der Waals surface area contributed by atoms with Crippen molar-refractivity contribution in [1.82, 2.24) is 14.9 Å². The lowest BCUT2D eigenvalue weighted by Crippen LogP contribution is -2.42. The summed E-state index contributed by atoms with van der Waals surface area (Å²) in [6.45, 7) is 6.98. The van der Waals surface area contributed by atoms with E-state index in [0.29, 0.717) is 36.9 Å². The lowest BCUT2D eigenvalue weighted by molar-refractivity contribution is -0.135. The molecule has 1 aromatic carbocycles. The Hall–Kier alpha value is -2.87. The third-order valence-corrected chi connectivity index (χ3v) is 5.62. The summed E-state index contributed by atoms with van der Waals surface area (Å²) < 4.78 is 5.52. The monoisotopic (exact) mass is 474 g/mol. The van der Waals surface area contributed by atoms with E-state index < -0.39 is 11.6 Å². The maximum Gasteiger partial charge on any atom is 0.410 e. The summed E-state index contributed by atoms with van der Waals surface area (Å²) in [6.07, 6.45) is 5.32. The average molecular weight is 475 g/mol. The predicted octanol–water partition coefficient (Wildman–Crippen LogP) is 4.38. The van der Waals surface area contributed by atoms with Crippen LogP contribution in [-0.2, 0) is 16.0 Å². The molecular weight excluding hydrogens is 444 g/mol. The Morgan fingerprint density at radius 2 is 1.97 bits per heavy atom. The largest absolute Gasteiger partial charge is 0.480 e. The van der Waals surface area contributed by atoms with E-state index in [1.165, 1.54) is 0 Å². The van der Waals surface area contributed by atoms with Crippen molar-refractivity contribution in [2.75, 3.05) is 31.1 Å². The molecule has 1 atom stereocenters. The molecule has 1 amide bonds. The number of carboxylic acids is 1. The van der Waals surface area contributed by atoms with E-state index in [2.05, 4.69) is 4.98 Å². The number of carbonyl (C=O) groups excluding carboxylic acids is 1. The summed E-state index contributed by atoms with van der Waals surface area (Å²) in [6, 6.07) is 7.49. The van der Waals surface area contributed by atoms with Crippen LogP contribution in [0.2, 0.25) is 5.02 Å². The second kappa shape index (κ2) is 10.8. The quantitative estimate of drug-likeness (QED) is 0.636. The molecule has 1 fully saturated rings. The average Bonchev–Trinajstić information content (AvgIpc) is 2.76. The first kappa shape index (κ1) is 24.8. The molecule has 0 spiro atoms. The standard InChI is InChI=1S/C24H31ClN4O4/c1-24(2,3)33-23(32)29-11-4-5-18(15-29)20-13-26-14-21(27-20)28(16-22(30)31)12-10-17-6-8-19(25)9-7-17/h6-9,13-14,18H,4-5,10-12,15-16H2,1-3H3,(H,30,31). The molecule has 1 aliphatic rings. The van der Waals surface area contributed by atoms with Gasteiger partial charge in [0.25, 0.3) is 0 Å². The number of carboxylic acid groups (broad SMARTS) is 1. The number of rotatable bonds is 7. The molecule has 0 bridgehead atoms. The second-order valence-corrected chi connectivity index (χ2v) is 9.70. The van der Waals surface area contributed by atoms with Crippen molar-refractivity contribution in [2.24, 2.45) is 0 Å². The Morgan fingerprint density at radius 1 is 1.24 bits per heavy atom. The number of hydrogen-bond donors (Lipinski definition) is 1. The molecule has 33 heavy (non-hydrogen) atoms. The Bertz CT molecular complexity index is 962. The van der Waals surface area contributed by atoms with Gasteiger partial charge in [-0.3, -0.25) is 9.78 Å². The Kier molecular flexibility index (Phi) is 8.13. The number of carbonyl (C=O) groups is 2. The van der Waals surface area contributed by atoms with E-state index in [1.54, 1.807) is 22.2 Å². The maximum absolute atomic E-state index is 12.5. The Balaban J connectivity index is 1.72. The van der Waals surface area contributed by atoms with Crippen molar-refractivity contribution >= 4 is 29.5 Å². The number of benzene rings is 1. The zero-order valence-electron chi connectivity index (χ0n) is 19.3. The molecule has 1 unspecified atom stereocenters. The molecule has 1 saturated heterocycles. The highest BCUT2D eigenvalue weighted by Crippen LogP contribution is 2.27. The molecule has 0 radical (unpaired) electrons. The highest BCUT2D eigenvalue weighted by molar-refractivity contribution is 6.30. The Labute approximate surface area is 199 Å². The highest BCUT2D eigenvalue weighted by Gasteiger charge is 2.29. The van der Waals surface area contributed by atoms with Gasteiger partial charge in [0.1, 0.15) is 18.0 Å². The Morgan fingerprint density at radius 3 is 2.64 bits per heavy atom. The van der Waals surface area contributed by atoms with Gasteiger partial charge in [0, 0.05) is 36.8 Å². The van der Waals surface area contributed by atoms with Gasteiger partial charge in [0.15, 0.2) is 0 Å². The smallest absolute Gasteiger partial charge is 0.410 e. The summed E-state index contributed by atoms with van der Waals surface area (Å²) in [5.41, 5.74) is 1.26. The number of anilines is 1. The van der Waals surface area contributed by atoms with E-state index in [1.807, 2.05) is 45.0 Å². The van der Waals surface area contributed by atoms with Crippen LogP contribution in [-0.4, -0.2) is 63.8 Å². The first-order chi connectivity index (χ1) is 15.6. The summed E-state index contributed by atoms with van der Waals surface area (Å²) in [4.78, 5) is 36.5. The number of aliphatic carboxylic acids is 1. The van der Waals surface area contributed by atoms with Crippen LogP contribution < -0.4 is 4.90 Å². The lowest BCUT2D eigenvalue weighted by atomic mass is 9.95. The normalized spacial score (nSPS) is 16.4. The van der Waals surface area contributed by atoms with Gasteiger partial charge >= 0.3 is 12.1 Å². The predicted molar refractivity (Wildman–Crippen MR) is 127 cm³/mol. The first-order valence-electron chi connectivity index (χ1n) is 11.1. The molecule has 8 nitrogen and oxygen atoms in total. The fourth-order valence-corrected chi connectivity index (χ4v) is 3.91.